The summed E-state index contributed by atoms with van der Waals surface area (Å²) >= 11 is 0. The van der Waals surface area contributed by atoms with Crippen molar-refractivity contribution in [2.75, 3.05) is 0 Å². The smallest absolute Gasteiger partial charge is 0.240 e. The van der Waals surface area contributed by atoms with Crippen LogP contribution in [0.1, 0.15) is 5.56 Å². The van der Waals surface area contributed by atoms with Gasteiger partial charge in [0.15, 0.2) is 5.82 Å². The van der Waals surface area contributed by atoms with Gasteiger partial charge in [0, 0.05) is 66.4 Å². The Morgan fingerprint density at radius 1 is 0.391 bits per heavy atom. The minimum atomic E-state index is 0.515. The van der Waals surface area contributed by atoms with Gasteiger partial charge in [-0.1, -0.05) is 158 Å². The van der Waals surface area contributed by atoms with Gasteiger partial charge in [-0.2, -0.15) is 15.0 Å². The lowest BCUT2D eigenvalue weighted by atomic mass is 10.1. The van der Waals surface area contributed by atoms with E-state index in [2.05, 4.69) is 207 Å². The molecular formula is C57H37N7. The van der Waals surface area contributed by atoms with Crippen molar-refractivity contribution in [1.29, 1.82) is 0 Å². The molecule has 13 aromatic rings. The molecule has 0 saturated carbocycles. The van der Waals surface area contributed by atoms with E-state index in [0.717, 1.165) is 98.8 Å². The quantitative estimate of drug-likeness (QED) is 0.151. The van der Waals surface area contributed by atoms with E-state index in [1.54, 1.807) is 0 Å². The standard InChI is InChI=1S/C57H37N7/c1-2-3-19-38-36-61(53-41(38)32-34-49-51(53)44-27-14-17-30-47(44)62(49)39-22-9-5-10-23-39)56-58-55(37-20-7-4-8-21-37)59-57(60-56)64-46-29-16-13-26-42(46)43-33-35-50-52(54(43)64)45-28-15-18-31-48(45)63(50)40-24-11-6-12-25-40/h2-36H,1H2/b19-3-. The first-order chi connectivity index (χ1) is 31.7. The number of rotatable bonds is 7. The summed E-state index contributed by atoms with van der Waals surface area (Å²) < 4.78 is 9.14. The van der Waals surface area contributed by atoms with Gasteiger partial charge in [0.25, 0.3) is 0 Å². The second kappa shape index (κ2) is 14.1. The number of fused-ring (bicyclic) bond motifs is 12. The van der Waals surface area contributed by atoms with E-state index in [4.69, 9.17) is 15.0 Å². The fourth-order valence-electron chi connectivity index (χ4n) is 9.97. The third kappa shape index (κ3) is 5.25. The lowest BCUT2D eigenvalue weighted by Gasteiger charge is -2.13. The van der Waals surface area contributed by atoms with Crippen LogP contribution in [0.15, 0.2) is 213 Å². The summed E-state index contributed by atoms with van der Waals surface area (Å²) in [5.74, 6) is 1.62. The van der Waals surface area contributed by atoms with Gasteiger partial charge in [0.05, 0.1) is 38.6 Å². The van der Waals surface area contributed by atoms with Crippen molar-refractivity contribution >= 4 is 82.4 Å². The van der Waals surface area contributed by atoms with Gasteiger partial charge in [-0.15, -0.1) is 0 Å². The zero-order chi connectivity index (χ0) is 42.3. The maximum atomic E-state index is 5.57. The second-order valence-corrected chi connectivity index (χ2v) is 16.1. The van der Waals surface area contributed by atoms with E-state index in [9.17, 15) is 0 Å². The molecule has 0 aliphatic carbocycles. The second-order valence-electron chi connectivity index (χ2n) is 16.1. The van der Waals surface area contributed by atoms with Crippen LogP contribution >= 0.6 is 0 Å². The summed E-state index contributed by atoms with van der Waals surface area (Å²) in [6.45, 7) is 4.01. The molecule has 64 heavy (non-hydrogen) atoms. The van der Waals surface area contributed by atoms with Crippen LogP contribution < -0.4 is 0 Å². The molecule has 0 aliphatic heterocycles. The van der Waals surface area contributed by atoms with Crippen molar-refractivity contribution in [1.82, 2.24) is 33.2 Å². The topological polar surface area (TPSA) is 58.4 Å². The summed E-state index contributed by atoms with van der Waals surface area (Å²) in [5, 5.41) is 7.88. The molecule has 7 nitrogen and oxygen atoms in total. The Hall–Kier alpha value is -8.81. The molecule has 0 bridgehead atoms. The molecule has 5 heterocycles. The van der Waals surface area contributed by atoms with Crippen molar-refractivity contribution in [2.45, 2.75) is 0 Å². The van der Waals surface area contributed by atoms with Crippen molar-refractivity contribution < 1.29 is 0 Å². The number of nitrogens with zero attached hydrogens (tertiary/aromatic N) is 7. The van der Waals surface area contributed by atoms with Crippen LogP contribution in [0, 0.1) is 0 Å². The van der Waals surface area contributed by atoms with E-state index in [1.807, 2.05) is 30.4 Å². The number of benzene rings is 8. The van der Waals surface area contributed by atoms with Gasteiger partial charge in [0.1, 0.15) is 0 Å². The Bertz CT molecular complexity index is 4020. The predicted octanol–water partition coefficient (Wildman–Crippen LogP) is 14.0. The summed E-state index contributed by atoms with van der Waals surface area (Å²) in [5.41, 5.74) is 11.6. The Morgan fingerprint density at radius 2 is 0.891 bits per heavy atom. The number of aromatic nitrogens is 7. The molecule has 300 valence electrons. The molecule has 0 atom stereocenters. The Kier molecular flexibility index (Phi) is 7.92. The van der Waals surface area contributed by atoms with Crippen molar-refractivity contribution in [3.63, 3.8) is 0 Å². The number of hydrogen-bond donors (Lipinski definition) is 0. The van der Waals surface area contributed by atoms with Crippen LogP contribution in [0.2, 0.25) is 0 Å². The lowest BCUT2D eigenvalue weighted by Crippen LogP contribution is -2.10. The zero-order valence-electron chi connectivity index (χ0n) is 34.5. The van der Waals surface area contributed by atoms with Gasteiger partial charge < -0.3 is 9.13 Å². The van der Waals surface area contributed by atoms with Gasteiger partial charge in [-0.05, 0) is 54.6 Å². The molecule has 0 N–H and O–H groups in total. The summed E-state index contributed by atoms with van der Waals surface area (Å²) in [7, 11) is 0. The molecule has 0 aliphatic rings. The molecule has 13 rings (SSSR count). The first kappa shape index (κ1) is 35.9. The number of hydrogen-bond acceptors (Lipinski definition) is 3. The average Bonchev–Trinajstić information content (AvgIpc) is 4.10. The van der Waals surface area contributed by atoms with Crippen molar-refractivity contribution in [3.05, 3.63) is 219 Å². The Labute approximate surface area is 367 Å². The van der Waals surface area contributed by atoms with Crippen LogP contribution in [0.4, 0.5) is 0 Å². The normalized spacial score (nSPS) is 12.1. The first-order valence-corrected chi connectivity index (χ1v) is 21.5. The largest absolute Gasteiger partial charge is 0.309 e. The highest BCUT2D eigenvalue weighted by Gasteiger charge is 2.25. The molecule has 0 amide bonds. The summed E-state index contributed by atoms with van der Waals surface area (Å²) in [6.07, 6.45) is 8.07. The highest BCUT2D eigenvalue weighted by molar-refractivity contribution is 6.26. The Morgan fingerprint density at radius 3 is 1.50 bits per heavy atom. The molecule has 5 aromatic heterocycles. The molecule has 0 fully saturated rings. The van der Waals surface area contributed by atoms with E-state index < -0.39 is 0 Å². The van der Waals surface area contributed by atoms with Crippen LogP contribution in [0.3, 0.4) is 0 Å². The molecular weight excluding hydrogens is 783 g/mol. The first-order valence-electron chi connectivity index (χ1n) is 21.5. The molecule has 0 unspecified atom stereocenters. The van der Waals surface area contributed by atoms with Crippen LogP contribution in [-0.4, -0.2) is 33.2 Å². The van der Waals surface area contributed by atoms with Crippen molar-refractivity contribution in [3.8, 4) is 34.7 Å². The van der Waals surface area contributed by atoms with Crippen LogP contribution in [0.25, 0.3) is 117 Å². The van der Waals surface area contributed by atoms with E-state index in [-0.39, 0.29) is 0 Å². The van der Waals surface area contributed by atoms with Gasteiger partial charge in [-0.25, -0.2) is 0 Å². The number of para-hydroxylation sites is 5. The predicted molar refractivity (Wildman–Crippen MR) is 264 cm³/mol. The molecule has 7 heteroatoms. The zero-order valence-corrected chi connectivity index (χ0v) is 34.5. The maximum absolute atomic E-state index is 5.57. The highest BCUT2D eigenvalue weighted by atomic mass is 15.3. The summed E-state index contributed by atoms with van der Waals surface area (Å²) in [6, 6.07) is 66.3. The monoisotopic (exact) mass is 819 g/mol. The van der Waals surface area contributed by atoms with Crippen LogP contribution in [-0.2, 0) is 0 Å². The summed E-state index contributed by atoms with van der Waals surface area (Å²) in [4.78, 5) is 16.3. The molecule has 0 spiro atoms. The number of allylic oxidation sites excluding steroid dienone is 2. The molecule has 0 saturated heterocycles. The van der Waals surface area contributed by atoms with E-state index >= 15 is 0 Å². The fraction of sp³-hybridized carbons (Fsp3) is 0. The average molecular weight is 820 g/mol. The minimum Gasteiger partial charge on any atom is -0.309 e. The van der Waals surface area contributed by atoms with Crippen molar-refractivity contribution in [2.24, 2.45) is 0 Å². The third-order valence-corrected chi connectivity index (χ3v) is 12.6. The molecule has 0 radical (unpaired) electrons. The SMILES string of the molecule is C=C/C=C\c1cn(-c2nc(-c3ccccc3)nc(-n3c4ccccc4c4ccc5c(c6ccccc6n5-c5ccccc5)c43)n2)c2c1ccc1c2c2ccccc2n1-c1ccccc1. The lowest BCUT2D eigenvalue weighted by molar-refractivity contribution is 0.883. The third-order valence-electron chi connectivity index (χ3n) is 12.6. The van der Waals surface area contributed by atoms with Gasteiger partial charge in [-0.3, -0.25) is 9.13 Å². The molecule has 8 aromatic carbocycles. The maximum Gasteiger partial charge on any atom is 0.240 e. The Balaban J connectivity index is 1.18. The van der Waals surface area contributed by atoms with E-state index in [0.29, 0.717) is 17.7 Å². The van der Waals surface area contributed by atoms with Gasteiger partial charge >= 0.3 is 0 Å². The van der Waals surface area contributed by atoms with Crippen LogP contribution in [0.5, 0.6) is 0 Å². The minimum absolute atomic E-state index is 0.515. The van der Waals surface area contributed by atoms with E-state index in [1.165, 1.54) is 0 Å². The van der Waals surface area contributed by atoms with Gasteiger partial charge in [0.2, 0.25) is 11.9 Å². The highest BCUT2D eigenvalue weighted by Crippen LogP contribution is 2.43. The fourth-order valence-corrected chi connectivity index (χ4v) is 9.97.